The maximum atomic E-state index is 12.6. The fourth-order valence-electron chi connectivity index (χ4n) is 3.19. The minimum Gasteiger partial charge on any atom is -0.493 e. The fraction of sp³-hybridized carbons (Fsp3) is 0.611. The molecule has 0 unspecified atom stereocenters. The summed E-state index contributed by atoms with van der Waals surface area (Å²) in [5.74, 6) is 0.885. The van der Waals surface area contributed by atoms with E-state index in [2.05, 4.69) is 11.8 Å². The Balaban J connectivity index is 2.05. The number of Topliss-reactive ketones (excluding diaryl/α,β-unsaturated/α-hetero) is 1. The lowest BCUT2D eigenvalue weighted by molar-refractivity contribution is 0.0865. The Morgan fingerprint density at radius 3 is 2.57 bits per heavy atom. The molecule has 0 N–H and O–H groups in total. The molecule has 0 atom stereocenters. The van der Waals surface area contributed by atoms with Gasteiger partial charge in [0.2, 0.25) is 0 Å². The van der Waals surface area contributed by atoms with Gasteiger partial charge in [0.1, 0.15) is 5.75 Å². The highest BCUT2D eigenvalue weighted by molar-refractivity contribution is 6.00. The summed E-state index contributed by atoms with van der Waals surface area (Å²) in [6.45, 7) is 6.13. The van der Waals surface area contributed by atoms with Gasteiger partial charge in [0.25, 0.3) is 0 Å². The maximum absolute atomic E-state index is 12.6. The van der Waals surface area contributed by atoms with Crippen LogP contribution in [0.5, 0.6) is 5.75 Å². The van der Waals surface area contributed by atoms with E-state index in [0.717, 1.165) is 6.54 Å². The molecule has 0 saturated heterocycles. The summed E-state index contributed by atoms with van der Waals surface area (Å²) in [4.78, 5) is 15.0. The van der Waals surface area contributed by atoms with Crippen molar-refractivity contribution in [2.45, 2.75) is 52.0 Å². The highest BCUT2D eigenvalue weighted by atomic mass is 16.5. The normalized spacial score (nSPS) is 16.1. The predicted octanol–water partition coefficient (Wildman–Crippen LogP) is 3.92. The third-order valence-corrected chi connectivity index (χ3v) is 4.33. The molecule has 1 aromatic carbocycles. The van der Waals surface area contributed by atoms with Crippen LogP contribution < -0.4 is 4.74 Å². The van der Waals surface area contributed by atoms with Crippen LogP contribution in [0.3, 0.4) is 0 Å². The summed E-state index contributed by atoms with van der Waals surface area (Å²) in [5.41, 5.74) is 0.716. The molecule has 0 radical (unpaired) electrons. The van der Waals surface area contributed by atoms with Crippen molar-refractivity contribution in [1.29, 1.82) is 0 Å². The van der Waals surface area contributed by atoms with Gasteiger partial charge in [0.15, 0.2) is 5.78 Å². The van der Waals surface area contributed by atoms with Gasteiger partial charge in [-0.15, -0.1) is 0 Å². The Morgan fingerprint density at radius 1 is 1.19 bits per heavy atom. The number of benzene rings is 1. The van der Waals surface area contributed by atoms with Gasteiger partial charge in [-0.05, 0) is 38.4 Å². The van der Waals surface area contributed by atoms with E-state index in [1.54, 1.807) is 0 Å². The lowest BCUT2D eigenvalue weighted by atomic mass is 9.94. The molecule has 0 aliphatic heterocycles. The molecule has 3 nitrogen and oxygen atoms in total. The van der Waals surface area contributed by atoms with Crippen LogP contribution in [0.25, 0.3) is 0 Å². The number of ketones is 1. The Kier molecular flexibility index (Phi) is 6.24. The average Bonchev–Trinajstić information content (AvgIpc) is 2.54. The van der Waals surface area contributed by atoms with Crippen molar-refractivity contribution in [3.63, 3.8) is 0 Å². The van der Waals surface area contributed by atoms with Crippen LogP contribution in [0, 0.1) is 0 Å². The van der Waals surface area contributed by atoms with E-state index in [0.29, 0.717) is 30.5 Å². The van der Waals surface area contributed by atoms with Crippen LogP contribution in [0.15, 0.2) is 24.3 Å². The summed E-state index contributed by atoms with van der Waals surface area (Å²) >= 11 is 0. The summed E-state index contributed by atoms with van der Waals surface area (Å²) in [6.07, 6.45) is 6.40. The zero-order chi connectivity index (χ0) is 15.1. The summed E-state index contributed by atoms with van der Waals surface area (Å²) < 4.78 is 5.58. The Bertz CT molecular complexity index is 452. The van der Waals surface area contributed by atoms with Gasteiger partial charge in [-0.2, -0.15) is 0 Å². The van der Waals surface area contributed by atoms with Crippen molar-refractivity contribution < 1.29 is 9.53 Å². The Labute approximate surface area is 128 Å². The summed E-state index contributed by atoms with van der Waals surface area (Å²) in [5, 5.41) is 0. The largest absolute Gasteiger partial charge is 0.493 e. The molecule has 0 heterocycles. The van der Waals surface area contributed by atoms with Gasteiger partial charge in [0, 0.05) is 6.04 Å². The van der Waals surface area contributed by atoms with Crippen LogP contribution in [0.4, 0.5) is 0 Å². The monoisotopic (exact) mass is 289 g/mol. The molecule has 1 saturated carbocycles. The van der Waals surface area contributed by atoms with E-state index in [-0.39, 0.29) is 5.78 Å². The topological polar surface area (TPSA) is 29.5 Å². The van der Waals surface area contributed by atoms with Crippen molar-refractivity contribution in [2.24, 2.45) is 0 Å². The quantitative estimate of drug-likeness (QED) is 0.712. The number of rotatable bonds is 7. The molecule has 3 heteroatoms. The Morgan fingerprint density at radius 2 is 1.90 bits per heavy atom. The lowest BCUT2D eigenvalue weighted by Gasteiger charge is -2.33. The van der Waals surface area contributed by atoms with Gasteiger partial charge in [-0.1, -0.05) is 38.3 Å². The SMILES string of the molecule is CCOc1ccccc1C(=O)CN(CC)C1CCCCC1. The van der Waals surface area contributed by atoms with Crippen molar-refractivity contribution >= 4 is 5.78 Å². The number of hydrogen-bond donors (Lipinski definition) is 0. The first-order chi connectivity index (χ1) is 10.3. The number of ether oxygens (including phenoxy) is 1. The van der Waals surface area contributed by atoms with E-state index in [4.69, 9.17) is 4.74 Å². The van der Waals surface area contributed by atoms with Crippen LogP contribution in [-0.2, 0) is 0 Å². The standard InChI is InChI=1S/C18H27NO2/c1-3-19(15-10-6-5-7-11-15)14-17(20)16-12-8-9-13-18(16)21-4-2/h8-9,12-13,15H,3-7,10-11,14H2,1-2H3. The number of para-hydroxylation sites is 1. The number of hydrogen-bond acceptors (Lipinski definition) is 3. The minimum atomic E-state index is 0.173. The van der Waals surface area contributed by atoms with Crippen LogP contribution >= 0.6 is 0 Å². The second-order valence-corrected chi connectivity index (χ2v) is 5.71. The molecule has 0 aromatic heterocycles. The second-order valence-electron chi connectivity index (χ2n) is 5.71. The Hall–Kier alpha value is -1.35. The highest BCUT2D eigenvalue weighted by Gasteiger charge is 2.23. The van der Waals surface area contributed by atoms with E-state index in [9.17, 15) is 4.79 Å². The van der Waals surface area contributed by atoms with Gasteiger partial charge >= 0.3 is 0 Å². The van der Waals surface area contributed by atoms with Crippen LogP contribution in [-0.4, -0.2) is 36.4 Å². The van der Waals surface area contributed by atoms with E-state index in [1.807, 2.05) is 31.2 Å². The van der Waals surface area contributed by atoms with Gasteiger partial charge < -0.3 is 4.74 Å². The van der Waals surface area contributed by atoms with Crippen LogP contribution in [0.1, 0.15) is 56.3 Å². The highest BCUT2D eigenvalue weighted by Crippen LogP contribution is 2.24. The minimum absolute atomic E-state index is 0.173. The third kappa shape index (κ3) is 4.31. The maximum Gasteiger partial charge on any atom is 0.180 e. The molecule has 21 heavy (non-hydrogen) atoms. The molecule has 0 bridgehead atoms. The predicted molar refractivity (Wildman–Crippen MR) is 86.1 cm³/mol. The number of nitrogens with zero attached hydrogens (tertiary/aromatic N) is 1. The van der Waals surface area contributed by atoms with E-state index < -0.39 is 0 Å². The fourth-order valence-corrected chi connectivity index (χ4v) is 3.19. The molecule has 0 spiro atoms. The molecule has 0 amide bonds. The van der Waals surface area contributed by atoms with Crippen molar-refractivity contribution in [2.75, 3.05) is 19.7 Å². The zero-order valence-corrected chi connectivity index (χ0v) is 13.3. The van der Waals surface area contributed by atoms with Gasteiger partial charge in [0.05, 0.1) is 18.7 Å². The number of carbonyl (C=O) groups excluding carboxylic acids is 1. The molecule has 1 aliphatic rings. The van der Waals surface area contributed by atoms with E-state index in [1.165, 1.54) is 32.1 Å². The summed E-state index contributed by atoms with van der Waals surface area (Å²) in [7, 11) is 0. The summed E-state index contributed by atoms with van der Waals surface area (Å²) in [6, 6.07) is 8.16. The first kappa shape index (κ1) is 16.0. The van der Waals surface area contributed by atoms with E-state index >= 15 is 0 Å². The zero-order valence-electron chi connectivity index (χ0n) is 13.3. The molecule has 1 fully saturated rings. The average molecular weight is 289 g/mol. The lowest BCUT2D eigenvalue weighted by Crippen LogP contribution is -2.40. The molecule has 1 aliphatic carbocycles. The molecule has 2 rings (SSSR count). The van der Waals surface area contributed by atoms with Crippen LogP contribution in [0.2, 0.25) is 0 Å². The smallest absolute Gasteiger partial charge is 0.180 e. The molecule has 1 aromatic rings. The van der Waals surface area contributed by atoms with Crippen molar-refractivity contribution in [3.8, 4) is 5.75 Å². The number of likely N-dealkylation sites (N-methyl/N-ethyl adjacent to an activating group) is 1. The van der Waals surface area contributed by atoms with Crippen molar-refractivity contribution in [3.05, 3.63) is 29.8 Å². The third-order valence-electron chi connectivity index (χ3n) is 4.33. The van der Waals surface area contributed by atoms with Gasteiger partial charge in [-0.25, -0.2) is 0 Å². The van der Waals surface area contributed by atoms with Gasteiger partial charge in [-0.3, -0.25) is 9.69 Å². The molecular weight excluding hydrogens is 262 g/mol. The number of carbonyl (C=O) groups is 1. The second kappa shape index (κ2) is 8.18. The van der Waals surface area contributed by atoms with Crippen molar-refractivity contribution in [1.82, 2.24) is 4.90 Å². The molecular formula is C18H27NO2. The first-order valence-electron chi connectivity index (χ1n) is 8.25. The molecule has 116 valence electrons. The first-order valence-corrected chi connectivity index (χ1v) is 8.25.